The molecule has 7 nitrogen and oxygen atoms in total. The van der Waals surface area contributed by atoms with Gasteiger partial charge in [-0.25, -0.2) is 24.3 Å². The van der Waals surface area contributed by atoms with Gasteiger partial charge in [-0.3, -0.25) is 4.90 Å². The van der Waals surface area contributed by atoms with E-state index in [0.29, 0.717) is 0 Å². The maximum absolute atomic E-state index is 13.5. The Bertz CT molecular complexity index is 1440. The zero-order valence-electron chi connectivity index (χ0n) is 18.8. The second-order valence-corrected chi connectivity index (χ2v) is 8.70. The van der Waals surface area contributed by atoms with Crippen LogP contribution in [0.25, 0.3) is 28.3 Å². The molecule has 0 radical (unpaired) electrons. The van der Waals surface area contributed by atoms with E-state index >= 15 is 0 Å². The number of pyridine rings is 1. The summed E-state index contributed by atoms with van der Waals surface area (Å²) in [5, 5.41) is 0. The average Bonchev–Trinajstić information content (AvgIpc) is 3.58. The molecule has 0 amide bonds. The summed E-state index contributed by atoms with van der Waals surface area (Å²) < 4.78 is 17.9. The molecule has 1 saturated heterocycles. The van der Waals surface area contributed by atoms with Crippen molar-refractivity contribution in [1.82, 2.24) is 33.8 Å². The van der Waals surface area contributed by atoms with Crippen LogP contribution in [0, 0.1) is 12.7 Å². The van der Waals surface area contributed by atoms with E-state index in [2.05, 4.69) is 37.0 Å². The molecule has 0 aliphatic carbocycles. The zero-order valence-corrected chi connectivity index (χ0v) is 18.8. The molecule has 0 saturated carbocycles. The monoisotopic (exact) mass is 453 g/mol. The number of imidazole rings is 2. The molecule has 1 fully saturated rings. The second kappa shape index (κ2) is 8.46. The van der Waals surface area contributed by atoms with Crippen LogP contribution in [0.4, 0.5) is 4.39 Å². The van der Waals surface area contributed by atoms with Crippen molar-refractivity contribution in [1.29, 1.82) is 0 Å². The molecule has 0 spiro atoms. The maximum atomic E-state index is 13.5. The SMILES string of the molecule is Cc1c(CN2CCC(n3cnc(-c4ccc(F)cc4)c3-c3ccncn3)C2)nc2ccccn12. The highest BCUT2D eigenvalue weighted by Crippen LogP contribution is 2.35. The van der Waals surface area contributed by atoms with Gasteiger partial charge in [0.15, 0.2) is 0 Å². The fourth-order valence-electron chi connectivity index (χ4n) is 4.85. The Morgan fingerprint density at radius 1 is 1.06 bits per heavy atom. The molecule has 170 valence electrons. The van der Waals surface area contributed by atoms with Crippen molar-refractivity contribution in [2.75, 3.05) is 13.1 Å². The van der Waals surface area contributed by atoms with Gasteiger partial charge in [0.25, 0.3) is 0 Å². The first kappa shape index (κ1) is 20.7. The van der Waals surface area contributed by atoms with E-state index in [1.165, 1.54) is 17.8 Å². The minimum Gasteiger partial charge on any atom is -0.324 e. The van der Waals surface area contributed by atoms with E-state index in [4.69, 9.17) is 9.97 Å². The highest BCUT2D eigenvalue weighted by Gasteiger charge is 2.29. The quantitative estimate of drug-likeness (QED) is 0.391. The zero-order chi connectivity index (χ0) is 23.1. The van der Waals surface area contributed by atoms with Gasteiger partial charge < -0.3 is 8.97 Å². The van der Waals surface area contributed by atoms with Crippen molar-refractivity contribution in [3.05, 3.63) is 90.8 Å². The van der Waals surface area contributed by atoms with E-state index < -0.39 is 0 Å². The van der Waals surface area contributed by atoms with E-state index in [9.17, 15) is 4.39 Å². The number of likely N-dealkylation sites (tertiary alicyclic amines) is 1. The smallest absolute Gasteiger partial charge is 0.137 e. The Morgan fingerprint density at radius 3 is 2.74 bits per heavy atom. The van der Waals surface area contributed by atoms with Crippen LogP contribution in [-0.4, -0.2) is 46.9 Å². The van der Waals surface area contributed by atoms with Crippen molar-refractivity contribution in [3.8, 4) is 22.6 Å². The van der Waals surface area contributed by atoms with Crippen LogP contribution in [0.3, 0.4) is 0 Å². The van der Waals surface area contributed by atoms with Gasteiger partial charge in [-0.2, -0.15) is 0 Å². The Labute approximate surface area is 196 Å². The molecule has 6 rings (SSSR count). The van der Waals surface area contributed by atoms with Crippen LogP contribution >= 0.6 is 0 Å². The summed E-state index contributed by atoms with van der Waals surface area (Å²) in [7, 11) is 0. The third-order valence-corrected chi connectivity index (χ3v) is 6.62. The van der Waals surface area contributed by atoms with Gasteiger partial charge in [0.2, 0.25) is 0 Å². The minimum atomic E-state index is -0.263. The standard InChI is InChI=1S/C26H24FN7/c1-18-23(31-24-4-2-3-12-33(18)24)15-32-13-10-21(14-32)34-17-30-25(19-5-7-20(27)8-6-19)26(34)22-9-11-28-16-29-22/h2-9,11-12,16-17,21H,10,13-15H2,1H3. The lowest BCUT2D eigenvalue weighted by atomic mass is 10.1. The minimum absolute atomic E-state index is 0.254. The molecule has 1 aliphatic heterocycles. The molecule has 34 heavy (non-hydrogen) atoms. The Morgan fingerprint density at radius 2 is 1.94 bits per heavy atom. The summed E-state index contributed by atoms with van der Waals surface area (Å²) in [5.41, 5.74) is 6.68. The molecule has 4 aromatic heterocycles. The molecular weight excluding hydrogens is 429 g/mol. The molecule has 0 bridgehead atoms. The number of aryl methyl sites for hydroxylation is 1. The number of aromatic nitrogens is 6. The number of hydrogen-bond acceptors (Lipinski definition) is 5. The second-order valence-electron chi connectivity index (χ2n) is 8.70. The predicted molar refractivity (Wildman–Crippen MR) is 128 cm³/mol. The summed E-state index contributed by atoms with van der Waals surface area (Å²) in [5.74, 6) is -0.263. The highest BCUT2D eigenvalue weighted by atomic mass is 19.1. The molecular formula is C26H24FN7. The van der Waals surface area contributed by atoms with Crippen LogP contribution < -0.4 is 0 Å². The third kappa shape index (κ3) is 3.66. The predicted octanol–water partition coefficient (Wildman–Crippen LogP) is 4.55. The average molecular weight is 454 g/mol. The topological polar surface area (TPSA) is 64.1 Å². The molecule has 1 aliphatic rings. The van der Waals surface area contributed by atoms with Crippen LogP contribution in [0.2, 0.25) is 0 Å². The molecule has 5 heterocycles. The van der Waals surface area contributed by atoms with Crippen LogP contribution in [0.1, 0.15) is 23.9 Å². The first-order valence-electron chi connectivity index (χ1n) is 11.4. The lowest BCUT2D eigenvalue weighted by Crippen LogP contribution is -2.22. The molecule has 8 heteroatoms. The highest BCUT2D eigenvalue weighted by molar-refractivity contribution is 5.76. The fourth-order valence-corrected chi connectivity index (χ4v) is 4.85. The van der Waals surface area contributed by atoms with E-state index in [0.717, 1.165) is 60.0 Å². The lowest BCUT2D eigenvalue weighted by molar-refractivity contribution is 0.312. The first-order valence-corrected chi connectivity index (χ1v) is 11.4. The van der Waals surface area contributed by atoms with Gasteiger partial charge in [0.1, 0.15) is 17.8 Å². The fraction of sp³-hybridized carbons (Fsp3) is 0.231. The maximum Gasteiger partial charge on any atom is 0.137 e. The van der Waals surface area contributed by atoms with E-state index in [1.54, 1.807) is 24.7 Å². The normalized spacial score (nSPS) is 16.5. The van der Waals surface area contributed by atoms with Gasteiger partial charge in [0, 0.05) is 49.3 Å². The number of hydrogen-bond donors (Lipinski definition) is 0. The third-order valence-electron chi connectivity index (χ3n) is 6.62. The van der Waals surface area contributed by atoms with Gasteiger partial charge in [-0.1, -0.05) is 6.07 Å². The molecule has 1 unspecified atom stereocenters. The Kier molecular flexibility index (Phi) is 5.15. The summed E-state index contributed by atoms with van der Waals surface area (Å²) in [6.45, 7) is 4.81. The van der Waals surface area contributed by atoms with Crippen LogP contribution in [0.15, 0.2) is 73.6 Å². The number of nitrogens with zero attached hydrogens (tertiary/aromatic N) is 7. The van der Waals surface area contributed by atoms with Crippen molar-refractivity contribution in [2.24, 2.45) is 0 Å². The van der Waals surface area contributed by atoms with Gasteiger partial charge >= 0.3 is 0 Å². The molecule has 5 aromatic rings. The number of rotatable bonds is 5. The van der Waals surface area contributed by atoms with Crippen molar-refractivity contribution in [3.63, 3.8) is 0 Å². The summed E-state index contributed by atoms with van der Waals surface area (Å²) in [6.07, 6.45) is 8.24. The van der Waals surface area contributed by atoms with Gasteiger partial charge in [0.05, 0.1) is 29.1 Å². The summed E-state index contributed by atoms with van der Waals surface area (Å²) in [6, 6.07) is 14.7. The summed E-state index contributed by atoms with van der Waals surface area (Å²) in [4.78, 5) is 20.6. The Hall–Kier alpha value is -3.91. The molecule has 1 atom stereocenters. The van der Waals surface area contributed by atoms with Crippen molar-refractivity contribution >= 4 is 5.65 Å². The van der Waals surface area contributed by atoms with Crippen LogP contribution in [0.5, 0.6) is 0 Å². The molecule has 1 aromatic carbocycles. The number of fused-ring (bicyclic) bond motifs is 1. The van der Waals surface area contributed by atoms with E-state index in [1.807, 2.05) is 30.6 Å². The van der Waals surface area contributed by atoms with E-state index in [-0.39, 0.29) is 11.9 Å². The van der Waals surface area contributed by atoms with Crippen LogP contribution in [-0.2, 0) is 6.54 Å². The summed E-state index contributed by atoms with van der Waals surface area (Å²) >= 11 is 0. The number of halogens is 1. The lowest BCUT2D eigenvalue weighted by Gasteiger charge is -2.18. The van der Waals surface area contributed by atoms with Gasteiger partial charge in [-0.15, -0.1) is 0 Å². The van der Waals surface area contributed by atoms with Crippen molar-refractivity contribution in [2.45, 2.75) is 25.9 Å². The first-order chi connectivity index (χ1) is 16.7. The molecule has 0 N–H and O–H groups in total. The Balaban J connectivity index is 1.31. The number of benzene rings is 1. The van der Waals surface area contributed by atoms with Crippen molar-refractivity contribution < 1.29 is 4.39 Å². The largest absolute Gasteiger partial charge is 0.324 e. The van der Waals surface area contributed by atoms with Gasteiger partial charge in [-0.05, 0) is 55.8 Å².